The zero-order valence-electron chi connectivity index (χ0n) is 14.8. The molecule has 0 fully saturated rings. The molecule has 1 amide bonds. The Bertz CT molecular complexity index is 698. The molecule has 0 bridgehead atoms. The van der Waals surface area contributed by atoms with Crippen LogP contribution in [0.5, 0.6) is 5.75 Å². The number of benzene rings is 2. The molecule has 3 nitrogen and oxygen atoms in total. The summed E-state index contributed by atoms with van der Waals surface area (Å²) in [6.07, 6.45) is 0. The van der Waals surface area contributed by atoms with Crippen LogP contribution in [-0.2, 0) is 10.2 Å². The lowest BCUT2D eigenvalue weighted by Crippen LogP contribution is -2.42. The maximum absolute atomic E-state index is 12.5. The Morgan fingerprint density at radius 2 is 1.46 bits per heavy atom. The van der Waals surface area contributed by atoms with Gasteiger partial charge in [0.25, 0.3) is 5.91 Å². The predicted molar refractivity (Wildman–Crippen MR) is 108 cm³/mol. The number of carbonyl (C=O) groups excluding carboxylic acids is 1. The van der Waals surface area contributed by atoms with Gasteiger partial charge in [0.05, 0.1) is 0 Å². The highest BCUT2D eigenvalue weighted by molar-refractivity contribution is 14.1. The molecule has 2 aromatic rings. The van der Waals surface area contributed by atoms with Gasteiger partial charge in [-0.15, -0.1) is 0 Å². The number of rotatable bonds is 4. The molecule has 0 radical (unpaired) electrons. The molecule has 0 aliphatic heterocycles. The van der Waals surface area contributed by atoms with Crippen LogP contribution in [0.4, 0.5) is 5.69 Å². The minimum absolute atomic E-state index is 0.0935. The van der Waals surface area contributed by atoms with Crippen LogP contribution >= 0.6 is 22.6 Å². The molecular formula is C20H24INO2. The fraction of sp³-hybridized carbons (Fsp3) is 0.350. The molecule has 0 saturated heterocycles. The second-order valence-electron chi connectivity index (χ2n) is 7.35. The van der Waals surface area contributed by atoms with Crippen LogP contribution in [0, 0.1) is 3.57 Å². The summed E-state index contributed by atoms with van der Waals surface area (Å²) in [4.78, 5) is 12.5. The molecule has 0 aliphatic carbocycles. The number of hydrogen-bond acceptors (Lipinski definition) is 2. The van der Waals surface area contributed by atoms with Crippen molar-refractivity contribution in [1.82, 2.24) is 0 Å². The van der Waals surface area contributed by atoms with E-state index in [0.717, 1.165) is 9.26 Å². The maximum atomic E-state index is 12.5. The first kappa shape index (κ1) is 18.8. The van der Waals surface area contributed by atoms with E-state index in [1.165, 1.54) is 5.56 Å². The molecule has 0 heterocycles. The van der Waals surface area contributed by atoms with Crippen molar-refractivity contribution >= 4 is 34.2 Å². The summed E-state index contributed by atoms with van der Waals surface area (Å²) in [6, 6.07) is 15.6. The fourth-order valence-electron chi connectivity index (χ4n) is 2.18. The van der Waals surface area contributed by atoms with Crippen molar-refractivity contribution in [3.05, 3.63) is 57.7 Å². The summed E-state index contributed by atoms with van der Waals surface area (Å²) in [5, 5.41) is 2.90. The van der Waals surface area contributed by atoms with Crippen LogP contribution in [0.25, 0.3) is 0 Å². The van der Waals surface area contributed by atoms with Crippen molar-refractivity contribution in [1.29, 1.82) is 0 Å². The average Bonchev–Trinajstić information content (AvgIpc) is 2.48. The molecule has 2 aromatic carbocycles. The summed E-state index contributed by atoms with van der Waals surface area (Å²) in [5.74, 6) is 0.509. The Hall–Kier alpha value is -1.56. The average molecular weight is 437 g/mol. The van der Waals surface area contributed by atoms with E-state index in [4.69, 9.17) is 4.74 Å². The first-order valence-corrected chi connectivity index (χ1v) is 9.02. The third kappa shape index (κ3) is 4.97. The molecular weight excluding hydrogens is 413 g/mol. The number of nitrogens with one attached hydrogen (secondary N) is 1. The minimum Gasteiger partial charge on any atom is -0.478 e. The molecule has 24 heavy (non-hydrogen) atoms. The van der Waals surface area contributed by atoms with Crippen LogP contribution in [0.3, 0.4) is 0 Å². The minimum atomic E-state index is -0.966. The summed E-state index contributed by atoms with van der Waals surface area (Å²) >= 11 is 2.23. The highest BCUT2D eigenvalue weighted by Gasteiger charge is 2.30. The van der Waals surface area contributed by atoms with Crippen LogP contribution in [-0.4, -0.2) is 11.5 Å². The highest BCUT2D eigenvalue weighted by atomic mass is 127. The first-order valence-electron chi connectivity index (χ1n) is 7.94. The second kappa shape index (κ2) is 7.13. The Kier molecular flexibility index (Phi) is 5.58. The normalized spacial score (nSPS) is 11.9. The van der Waals surface area contributed by atoms with Gasteiger partial charge in [-0.3, -0.25) is 4.79 Å². The van der Waals surface area contributed by atoms with Gasteiger partial charge >= 0.3 is 0 Å². The number of hydrogen-bond donors (Lipinski definition) is 1. The topological polar surface area (TPSA) is 38.3 Å². The number of ether oxygens (including phenoxy) is 1. The summed E-state index contributed by atoms with van der Waals surface area (Å²) in [6.45, 7) is 10.0. The third-order valence-electron chi connectivity index (χ3n) is 3.74. The van der Waals surface area contributed by atoms with E-state index in [2.05, 4.69) is 48.7 Å². The van der Waals surface area contributed by atoms with E-state index in [1.54, 1.807) is 13.8 Å². The lowest BCUT2D eigenvalue weighted by atomic mass is 9.87. The maximum Gasteiger partial charge on any atom is 0.267 e. The van der Waals surface area contributed by atoms with E-state index in [9.17, 15) is 4.79 Å². The lowest BCUT2D eigenvalue weighted by molar-refractivity contribution is -0.128. The zero-order chi connectivity index (χ0) is 18.0. The van der Waals surface area contributed by atoms with Gasteiger partial charge in [0.2, 0.25) is 0 Å². The van der Waals surface area contributed by atoms with Gasteiger partial charge < -0.3 is 10.1 Å². The zero-order valence-corrected chi connectivity index (χ0v) is 17.0. The van der Waals surface area contributed by atoms with E-state index >= 15 is 0 Å². The van der Waals surface area contributed by atoms with Crippen LogP contribution in [0.15, 0.2) is 48.5 Å². The highest BCUT2D eigenvalue weighted by Crippen LogP contribution is 2.26. The predicted octanol–water partition coefficient (Wildman–Crippen LogP) is 5.38. The quantitative estimate of drug-likeness (QED) is 0.652. The molecule has 1 N–H and O–H groups in total. The second-order valence-corrected chi connectivity index (χ2v) is 8.59. The molecule has 0 unspecified atom stereocenters. The van der Waals surface area contributed by atoms with Gasteiger partial charge in [-0.25, -0.2) is 0 Å². The molecule has 0 atom stereocenters. The Morgan fingerprint density at radius 1 is 0.917 bits per heavy atom. The van der Waals surface area contributed by atoms with Crippen LogP contribution < -0.4 is 10.1 Å². The SMILES string of the molecule is CC(C)(Oc1ccc(C(C)(C)C)cc1)C(=O)Nc1ccc(I)cc1. The Balaban J connectivity index is 2.06. The van der Waals surface area contributed by atoms with Crippen molar-refractivity contribution in [3.63, 3.8) is 0 Å². The number of halogens is 1. The van der Waals surface area contributed by atoms with Gasteiger partial charge in [-0.2, -0.15) is 0 Å². The Morgan fingerprint density at radius 3 is 1.96 bits per heavy atom. The monoisotopic (exact) mass is 437 g/mol. The first-order chi connectivity index (χ1) is 11.1. The van der Waals surface area contributed by atoms with Gasteiger partial charge in [0, 0.05) is 9.26 Å². The smallest absolute Gasteiger partial charge is 0.267 e. The molecule has 4 heteroatoms. The summed E-state index contributed by atoms with van der Waals surface area (Å²) < 4.78 is 7.04. The van der Waals surface area contributed by atoms with Gasteiger partial charge in [-0.05, 0) is 83.8 Å². The molecule has 0 saturated carbocycles. The molecule has 2 rings (SSSR count). The fourth-order valence-corrected chi connectivity index (χ4v) is 2.54. The lowest BCUT2D eigenvalue weighted by Gasteiger charge is -2.26. The van der Waals surface area contributed by atoms with Crippen LogP contribution in [0.1, 0.15) is 40.2 Å². The van der Waals surface area contributed by atoms with Crippen molar-refractivity contribution < 1.29 is 9.53 Å². The van der Waals surface area contributed by atoms with Crippen molar-refractivity contribution in [2.45, 2.75) is 45.6 Å². The van der Waals surface area contributed by atoms with E-state index in [0.29, 0.717) is 5.75 Å². The van der Waals surface area contributed by atoms with Crippen molar-refractivity contribution in [2.24, 2.45) is 0 Å². The van der Waals surface area contributed by atoms with Gasteiger partial charge in [0.1, 0.15) is 5.75 Å². The molecule has 0 aliphatic rings. The Labute approximate surface area is 157 Å². The van der Waals surface area contributed by atoms with Gasteiger partial charge in [-0.1, -0.05) is 32.9 Å². The number of amides is 1. The third-order valence-corrected chi connectivity index (χ3v) is 4.46. The van der Waals surface area contributed by atoms with E-state index in [-0.39, 0.29) is 11.3 Å². The van der Waals surface area contributed by atoms with Gasteiger partial charge in [0.15, 0.2) is 5.60 Å². The standard InChI is InChI=1S/C20H24INO2/c1-19(2,3)14-6-12-17(13-7-14)24-20(4,5)18(23)22-16-10-8-15(21)9-11-16/h6-13H,1-5H3,(H,22,23). The molecule has 128 valence electrons. The van der Waals surface area contributed by atoms with Crippen LogP contribution in [0.2, 0.25) is 0 Å². The van der Waals surface area contributed by atoms with E-state index in [1.807, 2.05) is 48.5 Å². The molecule has 0 spiro atoms. The largest absolute Gasteiger partial charge is 0.478 e. The van der Waals surface area contributed by atoms with Crippen molar-refractivity contribution in [2.75, 3.05) is 5.32 Å². The van der Waals surface area contributed by atoms with Crippen molar-refractivity contribution in [3.8, 4) is 5.75 Å². The number of anilines is 1. The van der Waals surface area contributed by atoms with E-state index < -0.39 is 5.60 Å². The number of carbonyl (C=O) groups is 1. The summed E-state index contributed by atoms with van der Waals surface area (Å²) in [5.41, 5.74) is 1.12. The molecule has 0 aromatic heterocycles. The summed E-state index contributed by atoms with van der Waals surface area (Å²) in [7, 11) is 0.